The van der Waals surface area contributed by atoms with Crippen molar-refractivity contribution in [1.29, 1.82) is 0 Å². The molecule has 3 rings (SSSR count). The van der Waals surface area contributed by atoms with Crippen molar-refractivity contribution in [1.82, 2.24) is 19.0 Å². The minimum Gasteiger partial charge on any atom is -0.393 e. The van der Waals surface area contributed by atoms with Crippen LogP contribution in [0.25, 0.3) is 11.2 Å². The summed E-state index contributed by atoms with van der Waals surface area (Å²) in [5, 5.41) is 12.4. The van der Waals surface area contributed by atoms with Crippen molar-refractivity contribution >= 4 is 28.8 Å². The van der Waals surface area contributed by atoms with Gasteiger partial charge in [-0.3, -0.25) is 4.79 Å². The van der Waals surface area contributed by atoms with Crippen LogP contribution in [0, 0.1) is 0 Å². The molecule has 0 aliphatic heterocycles. The normalized spacial score (nSPS) is 23.4. The van der Waals surface area contributed by atoms with Gasteiger partial charge in [0.2, 0.25) is 0 Å². The van der Waals surface area contributed by atoms with Crippen molar-refractivity contribution in [2.24, 2.45) is 0 Å². The van der Waals surface area contributed by atoms with Crippen LogP contribution in [0.2, 0.25) is 0 Å². The lowest BCUT2D eigenvalue weighted by Gasteiger charge is -2.26. The zero-order valence-corrected chi connectivity index (χ0v) is 11.1. The molecule has 0 atom stereocenters. The zero-order valence-electron chi connectivity index (χ0n) is 10.2. The van der Waals surface area contributed by atoms with Crippen LogP contribution in [-0.2, 0) is 0 Å². The third-order valence-corrected chi connectivity index (χ3v) is 3.94. The summed E-state index contributed by atoms with van der Waals surface area (Å²) >= 11 is 1.09. The van der Waals surface area contributed by atoms with E-state index in [1.807, 2.05) is 0 Å². The molecule has 1 fully saturated rings. The van der Waals surface area contributed by atoms with Gasteiger partial charge in [0.15, 0.2) is 5.65 Å². The van der Waals surface area contributed by atoms with Crippen molar-refractivity contribution in [2.75, 3.05) is 0 Å². The van der Waals surface area contributed by atoms with Gasteiger partial charge in [0.25, 0.3) is 5.91 Å². The molecule has 1 amide bonds. The van der Waals surface area contributed by atoms with E-state index in [0.29, 0.717) is 16.7 Å². The van der Waals surface area contributed by atoms with Gasteiger partial charge in [-0.25, -0.2) is 4.98 Å². The van der Waals surface area contributed by atoms with Gasteiger partial charge >= 0.3 is 0 Å². The Balaban J connectivity index is 1.69. The van der Waals surface area contributed by atoms with E-state index in [0.717, 1.165) is 37.4 Å². The molecule has 0 aromatic carbocycles. The number of pyridine rings is 1. The quantitative estimate of drug-likeness (QED) is 0.859. The summed E-state index contributed by atoms with van der Waals surface area (Å²) < 4.78 is 8.08. The summed E-state index contributed by atoms with van der Waals surface area (Å²) in [4.78, 5) is 16.2. The van der Waals surface area contributed by atoms with Crippen LogP contribution >= 0.6 is 11.7 Å². The van der Waals surface area contributed by atoms with Crippen LogP contribution in [0.3, 0.4) is 0 Å². The highest BCUT2D eigenvalue weighted by molar-refractivity contribution is 7.00. The first-order valence-corrected chi connectivity index (χ1v) is 7.02. The Labute approximate surface area is 114 Å². The predicted molar refractivity (Wildman–Crippen MR) is 70.9 cm³/mol. The van der Waals surface area contributed by atoms with Gasteiger partial charge in [0.1, 0.15) is 5.52 Å². The Bertz CT molecular complexity index is 592. The van der Waals surface area contributed by atoms with Gasteiger partial charge in [0.05, 0.1) is 23.4 Å². The highest BCUT2D eigenvalue weighted by atomic mass is 32.1. The number of nitrogens with one attached hydrogen (secondary N) is 1. The third-order valence-electron chi connectivity index (χ3n) is 3.41. The largest absolute Gasteiger partial charge is 0.393 e. The van der Waals surface area contributed by atoms with Crippen molar-refractivity contribution in [3.05, 3.63) is 17.8 Å². The number of hydrogen-bond acceptors (Lipinski definition) is 6. The first kappa shape index (κ1) is 12.4. The average Bonchev–Trinajstić information content (AvgIpc) is 2.88. The molecule has 1 saturated carbocycles. The topological polar surface area (TPSA) is 88.0 Å². The second kappa shape index (κ2) is 5.18. The van der Waals surface area contributed by atoms with Crippen LogP contribution in [0.4, 0.5) is 0 Å². The minimum atomic E-state index is -0.216. The molecule has 1 aliphatic carbocycles. The molecule has 6 nitrogen and oxygen atoms in total. The number of rotatable bonds is 2. The number of aliphatic hydroxyl groups is 1. The fourth-order valence-corrected chi connectivity index (χ4v) is 2.78. The molecule has 0 unspecified atom stereocenters. The maximum absolute atomic E-state index is 12.1. The second-order valence-corrected chi connectivity index (χ2v) is 5.34. The third kappa shape index (κ3) is 2.71. The summed E-state index contributed by atoms with van der Waals surface area (Å²) in [6, 6.07) is 1.85. The molecular weight excluding hydrogens is 264 g/mol. The fourth-order valence-electron chi connectivity index (χ4n) is 2.30. The van der Waals surface area contributed by atoms with Gasteiger partial charge < -0.3 is 10.4 Å². The number of fused-ring (bicyclic) bond motifs is 1. The van der Waals surface area contributed by atoms with Crippen molar-refractivity contribution < 1.29 is 9.90 Å². The second-order valence-electron chi connectivity index (χ2n) is 4.81. The Hall–Kier alpha value is -1.60. The van der Waals surface area contributed by atoms with Crippen LogP contribution in [0.1, 0.15) is 36.0 Å². The summed E-state index contributed by atoms with van der Waals surface area (Å²) in [6.45, 7) is 0. The monoisotopic (exact) mass is 278 g/mol. The fraction of sp³-hybridized carbons (Fsp3) is 0.500. The lowest BCUT2D eigenvalue weighted by atomic mass is 9.93. The van der Waals surface area contributed by atoms with Crippen LogP contribution in [0.5, 0.6) is 0 Å². The van der Waals surface area contributed by atoms with E-state index in [2.05, 4.69) is 19.0 Å². The smallest absolute Gasteiger partial charge is 0.253 e. The van der Waals surface area contributed by atoms with E-state index >= 15 is 0 Å². The Kier molecular flexibility index (Phi) is 3.39. The number of aliphatic hydroxyl groups excluding tert-OH is 1. The summed E-state index contributed by atoms with van der Waals surface area (Å²) in [5.41, 5.74) is 1.73. The molecule has 0 saturated heterocycles. The summed E-state index contributed by atoms with van der Waals surface area (Å²) in [7, 11) is 0. The average molecular weight is 278 g/mol. The van der Waals surface area contributed by atoms with Gasteiger partial charge in [-0.15, -0.1) is 0 Å². The van der Waals surface area contributed by atoms with E-state index in [1.54, 1.807) is 6.07 Å². The van der Waals surface area contributed by atoms with Crippen molar-refractivity contribution in [2.45, 2.75) is 37.8 Å². The number of carbonyl (C=O) groups is 1. The van der Waals surface area contributed by atoms with Crippen LogP contribution < -0.4 is 5.32 Å². The van der Waals surface area contributed by atoms with Crippen molar-refractivity contribution in [3.8, 4) is 0 Å². The lowest BCUT2D eigenvalue weighted by Crippen LogP contribution is -2.38. The number of carbonyl (C=O) groups excluding carboxylic acids is 1. The minimum absolute atomic E-state index is 0.135. The maximum atomic E-state index is 12.1. The highest BCUT2D eigenvalue weighted by Crippen LogP contribution is 2.19. The Morgan fingerprint density at radius 2 is 2.11 bits per heavy atom. The Morgan fingerprint density at radius 3 is 2.89 bits per heavy atom. The van der Waals surface area contributed by atoms with Gasteiger partial charge in [0, 0.05) is 12.2 Å². The molecule has 1 aliphatic rings. The molecule has 100 valence electrons. The SMILES string of the molecule is O=C(NC1CCC(O)CC1)c1cnc2nsnc2c1. The van der Waals surface area contributed by atoms with E-state index in [1.165, 1.54) is 6.20 Å². The van der Waals surface area contributed by atoms with Crippen molar-refractivity contribution in [3.63, 3.8) is 0 Å². The number of nitrogens with zero attached hydrogens (tertiary/aromatic N) is 3. The zero-order chi connectivity index (χ0) is 13.2. The van der Waals surface area contributed by atoms with Crippen LogP contribution in [-0.4, -0.2) is 36.9 Å². The molecule has 0 radical (unpaired) electrons. The molecule has 7 heteroatoms. The molecule has 2 aromatic rings. The van der Waals surface area contributed by atoms with Gasteiger partial charge in [-0.1, -0.05) is 0 Å². The molecule has 19 heavy (non-hydrogen) atoms. The standard InChI is InChI=1S/C12H14N4O2S/c17-9-3-1-8(2-4-9)14-12(18)7-5-10-11(13-6-7)16-19-15-10/h5-6,8-9,17H,1-4H2,(H,14,18). The summed E-state index contributed by atoms with van der Waals surface area (Å²) in [6.07, 6.45) is 4.45. The highest BCUT2D eigenvalue weighted by Gasteiger charge is 2.21. The van der Waals surface area contributed by atoms with E-state index in [9.17, 15) is 9.90 Å². The molecule has 2 aromatic heterocycles. The van der Waals surface area contributed by atoms with E-state index in [-0.39, 0.29) is 18.1 Å². The van der Waals surface area contributed by atoms with Crippen LogP contribution in [0.15, 0.2) is 12.3 Å². The molecular formula is C12H14N4O2S. The first-order valence-electron chi connectivity index (χ1n) is 6.29. The van der Waals surface area contributed by atoms with Gasteiger partial charge in [-0.05, 0) is 31.7 Å². The van der Waals surface area contributed by atoms with E-state index < -0.39 is 0 Å². The number of aromatic nitrogens is 3. The number of amides is 1. The van der Waals surface area contributed by atoms with E-state index in [4.69, 9.17) is 0 Å². The molecule has 0 spiro atoms. The lowest BCUT2D eigenvalue weighted by molar-refractivity contribution is 0.0867. The molecule has 2 heterocycles. The Morgan fingerprint density at radius 1 is 1.32 bits per heavy atom. The first-order chi connectivity index (χ1) is 9.22. The number of hydrogen-bond donors (Lipinski definition) is 2. The van der Waals surface area contributed by atoms with Gasteiger partial charge in [-0.2, -0.15) is 8.75 Å². The summed E-state index contributed by atoms with van der Waals surface area (Å²) in [5.74, 6) is -0.135. The molecule has 2 N–H and O–H groups in total. The predicted octanol–water partition coefficient (Wildman–Crippen LogP) is 1.12. The molecule has 0 bridgehead atoms. The maximum Gasteiger partial charge on any atom is 0.253 e.